The Morgan fingerprint density at radius 2 is 1.71 bits per heavy atom. The van der Waals surface area contributed by atoms with Gasteiger partial charge in [-0.05, 0) is 74.5 Å². The van der Waals surface area contributed by atoms with E-state index in [1.807, 2.05) is 6.92 Å². The lowest BCUT2D eigenvalue weighted by atomic mass is 10.0. The fourth-order valence-corrected chi connectivity index (χ4v) is 7.58. The summed E-state index contributed by atoms with van der Waals surface area (Å²) in [6.45, 7) is 7.25. The molecule has 2 atom stereocenters. The Morgan fingerprint density at radius 3 is 2.47 bits per heavy atom. The number of anilines is 1. The highest BCUT2D eigenvalue weighted by molar-refractivity contribution is 7.89. The van der Waals surface area contributed by atoms with Crippen LogP contribution in [-0.4, -0.2) is 65.3 Å². The molecule has 0 aliphatic carbocycles. The molecule has 0 spiro atoms. The fraction of sp³-hybridized carbons (Fsp3) is 0.316. The zero-order valence-electron chi connectivity index (χ0n) is 28.8. The number of alkyl halides is 1. The number of piperidine rings is 1. The molecule has 1 aliphatic rings. The van der Waals surface area contributed by atoms with Crippen molar-refractivity contribution in [3.05, 3.63) is 108 Å². The van der Waals surface area contributed by atoms with Crippen molar-refractivity contribution in [3.8, 4) is 22.9 Å². The molecule has 266 valence electrons. The molecule has 13 heteroatoms. The standard InChI is InChI=1S/C38H39F2N5O5S/c1-24-12-13-28-29(14-15-32(40)31(28)23-51(47,48)22-25-9-6-5-7-10-25)34(24)49-35-30(11-8-17-41-35)33-16-18-42-36(44-33)43-27-19-26(39)20-45(21-27)37(46)50-38(2,3)4/h5-18,26-27H,19-23H2,1-4H3,(H,42,43,44)/t26-,27-/m1/s1. The number of nitrogens with zero attached hydrogens (tertiary/aromatic N) is 4. The molecule has 10 nitrogen and oxygen atoms in total. The number of hydrogen-bond donors (Lipinski definition) is 1. The molecule has 0 unspecified atom stereocenters. The monoisotopic (exact) mass is 715 g/mol. The van der Waals surface area contributed by atoms with Gasteiger partial charge < -0.3 is 19.7 Å². The van der Waals surface area contributed by atoms with Crippen molar-refractivity contribution in [2.24, 2.45) is 0 Å². The van der Waals surface area contributed by atoms with Crippen molar-refractivity contribution in [2.45, 2.75) is 63.4 Å². The van der Waals surface area contributed by atoms with Crippen molar-refractivity contribution >= 4 is 32.7 Å². The number of aryl methyl sites for hydroxylation is 1. The third kappa shape index (κ3) is 8.77. The molecule has 51 heavy (non-hydrogen) atoms. The first-order valence-electron chi connectivity index (χ1n) is 16.5. The van der Waals surface area contributed by atoms with E-state index in [0.717, 1.165) is 5.56 Å². The largest absolute Gasteiger partial charge is 0.444 e. The highest BCUT2D eigenvalue weighted by Gasteiger charge is 2.33. The first kappa shape index (κ1) is 35.6. The Hall–Kier alpha value is -5.17. The summed E-state index contributed by atoms with van der Waals surface area (Å²) in [5.74, 6) is -0.511. The number of pyridine rings is 1. The van der Waals surface area contributed by atoms with Gasteiger partial charge in [-0.2, -0.15) is 0 Å². The summed E-state index contributed by atoms with van der Waals surface area (Å²) in [4.78, 5) is 27.5. The van der Waals surface area contributed by atoms with Crippen LogP contribution in [0.15, 0.2) is 85.2 Å². The van der Waals surface area contributed by atoms with Crippen LogP contribution in [0.4, 0.5) is 19.5 Å². The lowest BCUT2D eigenvalue weighted by Crippen LogP contribution is -2.51. The van der Waals surface area contributed by atoms with Crippen LogP contribution in [0.2, 0.25) is 0 Å². The van der Waals surface area contributed by atoms with Crippen LogP contribution in [0.3, 0.4) is 0 Å². The summed E-state index contributed by atoms with van der Waals surface area (Å²) in [5.41, 5.74) is 1.68. The van der Waals surface area contributed by atoms with Gasteiger partial charge in [0.05, 0.1) is 29.3 Å². The molecule has 1 N–H and O–H groups in total. The second-order valence-corrected chi connectivity index (χ2v) is 15.7. The first-order chi connectivity index (χ1) is 24.2. The van der Waals surface area contributed by atoms with E-state index < -0.39 is 45.3 Å². The van der Waals surface area contributed by atoms with Gasteiger partial charge in [-0.3, -0.25) is 0 Å². The maximum Gasteiger partial charge on any atom is 0.410 e. The van der Waals surface area contributed by atoms with E-state index in [-0.39, 0.29) is 42.7 Å². The Labute approximate surface area is 295 Å². The number of fused-ring (bicyclic) bond motifs is 1. The Morgan fingerprint density at radius 1 is 0.941 bits per heavy atom. The van der Waals surface area contributed by atoms with Crippen molar-refractivity contribution in [2.75, 3.05) is 18.4 Å². The molecule has 1 amide bonds. The highest BCUT2D eigenvalue weighted by Crippen LogP contribution is 2.38. The number of ether oxygens (including phenoxy) is 2. The van der Waals surface area contributed by atoms with Gasteiger partial charge >= 0.3 is 6.09 Å². The molecule has 1 aliphatic heterocycles. The summed E-state index contributed by atoms with van der Waals surface area (Å²) in [6, 6.07) is 19.8. The van der Waals surface area contributed by atoms with Crippen molar-refractivity contribution in [1.82, 2.24) is 19.9 Å². The average molecular weight is 716 g/mol. The number of benzene rings is 3. The van der Waals surface area contributed by atoms with Crippen molar-refractivity contribution in [3.63, 3.8) is 0 Å². The number of rotatable bonds is 9. The number of sulfone groups is 1. The summed E-state index contributed by atoms with van der Waals surface area (Å²) in [5, 5.41) is 4.10. The van der Waals surface area contributed by atoms with Crippen molar-refractivity contribution < 1.29 is 31.5 Å². The summed E-state index contributed by atoms with van der Waals surface area (Å²) in [6.07, 6.45) is 1.43. The molecule has 1 fully saturated rings. The van der Waals surface area contributed by atoms with E-state index in [1.165, 1.54) is 11.0 Å². The number of halogens is 2. The van der Waals surface area contributed by atoms with Gasteiger partial charge in [0.25, 0.3) is 0 Å². The second kappa shape index (κ2) is 14.6. The third-order valence-corrected chi connectivity index (χ3v) is 9.78. The minimum Gasteiger partial charge on any atom is -0.444 e. The zero-order chi connectivity index (χ0) is 36.3. The Balaban J connectivity index is 1.26. The van der Waals surface area contributed by atoms with Gasteiger partial charge in [-0.25, -0.2) is 36.9 Å². The summed E-state index contributed by atoms with van der Waals surface area (Å²) in [7, 11) is -3.72. The molecule has 3 aromatic carbocycles. The first-order valence-corrected chi connectivity index (χ1v) is 18.4. The van der Waals surface area contributed by atoms with Gasteiger partial charge in [-0.15, -0.1) is 0 Å². The topological polar surface area (TPSA) is 124 Å². The molecular weight excluding hydrogens is 677 g/mol. The van der Waals surface area contributed by atoms with E-state index in [9.17, 15) is 17.6 Å². The quantitative estimate of drug-likeness (QED) is 0.163. The van der Waals surface area contributed by atoms with E-state index in [1.54, 1.807) is 99.9 Å². The van der Waals surface area contributed by atoms with Gasteiger partial charge in [0.1, 0.15) is 23.3 Å². The summed E-state index contributed by atoms with van der Waals surface area (Å²) < 4.78 is 68.3. The number of aromatic nitrogens is 3. The van der Waals surface area contributed by atoms with Crippen LogP contribution in [0.1, 0.15) is 43.9 Å². The Kier molecular flexibility index (Phi) is 10.2. The minimum absolute atomic E-state index is 0.0597. The van der Waals surface area contributed by atoms with Crippen LogP contribution in [0, 0.1) is 12.7 Å². The van der Waals surface area contributed by atoms with Crippen LogP contribution >= 0.6 is 0 Å². The number of hydrogen-bond acceptors (Lipinski definition) is 9. The van der Waals surface area contributed by atoms with Crippen LogP contribution in [-0.2, 0) is 26.1 Å². The normalized spacial score (nSPS) is 16.5. The SMILES string of the molecule is Cc1ccc2c(CS(=O)(=O)Cc3ccccc3)c(F)ccc2c1Oc1ncccc1-c1ccnc(N[C@@H]2C[C@@H](F)CN(C(=O)OC(C)(C)C)C2)n1. The maximum absolute atomic E-state index is 15.3. The van der Waals surface area contributed by atoms with Crippen molar-refractivity contribution in [1.29, 1.82) is 0 Å². The van der Waals surface area contributed by atoms with Gasteiger partial charge in [0.2, 0.25) is 11.8 Å². The number of nitrogens with one attached hydrogen (secondary N) is 1. The smallest absolute Gasteiger partial charge is 0.410 e. The van der Waals surface area contributed by atoms with E-state index in [0.29, 0.717) is 33.3 Å². The lowest BCUT2D eigenvalue weighted by molar-refractivity contribution is 0.0124. The molecule has 1 saturated heterocycles. The van der Waals surface area contributed by atoms with Gasteiger partial charge in [0, 0.05) is 42.4 Å². The predicted molar refractivity (Wildman–Crippen MR) is 191 cm³/mol. The maximum atomic E-state index is 15.3. The molecule has 5 aromatic rings. The highest BCUT2D eigenvalue weighted by atomic mass is 32.2. The minimum atomic E-state index is -3.72. The van der Waals surface area contributed by atoms with Crippen LogP contribution in [0.5, 0.6) is 11.6 Å². The van der Waals surface area contributed by atoms with Crippen LogP contribution < -0.4 is 10.1 Å². The predicted octanol–water partition coefficient (Wildman–Crippen LogP) is 7.81. The van der Waals surface area contributed by atoms with E-state index in [2.05, 4.69) is 20.3 Å². The lowest BCUT2D eigenvalue weighted by Gasteiger charge is -2.36. The van der Waals surface area contributed by atoms with Crippen LogP contribution in [0.25, 0.3) is 22.0 Å². The molecule has 0 saturated carbocycles. The van der Waals surface area contributed by atoms with Gasteiger partial charge in [-0.1, -0.05) is 42.5 Å². The summed E-state index contributed by atoms with van der Waals surface area (Å²) >= 11 is 0. The van der Waals surface area contributed by atoms with E-state index >= 15 is 4.39 Å². The zero-order valence-corrected chi connectivity index (χ0v) is 29.6. The number of carbonyl (C=O) groups is 1. The van der Waals surface area contributed by atoms with E-state index in [4.69, 9.17) is 9.47 Å². The number of likely N-dealkylation sites (tertiary alicyclic amines) is 1. The second-order valence-electron chi connectivity index (χ2n) is 13.6. The average Bonchev–Trinajstić information content (AvgIpc) is 3.07. The molecule has 2 aromatic heterocycles. The molecule has 3 heterocycles. The molecular formula is C38H39F2N5O5S. The van der Waals surface area contributed by atoms with Gasteiger partial charge in [0.15, 0.2) is 9.84 Å². The Bertz CT molecular complexity index is 2160. The number of amides is 1. The fourth-order valence-electron chi connectivity index (χ4n) is 6.05. The third-order valence-electron chi connectivity index (χ3n) is 8.28. The molecule has 0 radical (unpaired) electrons. The number of carbonyl (C=O) groups excluding carboxylic acids is 1. The molecule has 6 rings (SSSR count). The molecule has 0 bridgehead atoms.